The van der Waals surface area contributed by atoms with E-state index in [0.717, 1.165) is 17.5 Å². The van der Waals surface area contributed by atoms with Gasteiger partial charge >= 0.3 is 0 Å². The number of amides is 2. The van der Waals surface area contributed by atoms with Gasteiger partial charge in [-0.2, -0.15) is 0 Å². The van der Waals surface area contributed by atoms with Gasteiger partial charge in [-0.25, -0.2) is 0 Å². The van der Waals surface area contributed by atoms with Crippen molar-refractivity contribution in [3.8, 4) is 0 Å². The largest absolute Gasteiger partial charge is 0.383 e. The molecule has 1 aliphatic rings. The van der Waals surface area contributed by atoms with Crippen LogP contribution in [0.1, 0.15) is 37.4 Å². The number of rotatable bonds is 7. The van der Waals surface area contributed by atoms with Crippen LogP contribution in [0.3, 0.4) is 0 Å². The van der Waals surface area contributed by atoms with Crippen LogP contribution in [0.25, 0.3) is 0 Å². The molecule has 2 amide bonds. The van der Waals surface area contributed by atoms with E-state index in [0.29, 0.717) is 32.0 Å². The van der Waals surface area contributed by atoms with Gasteiger partial charge in [0.2, 0.25) is 11.8 Å². The van der Waals surface area contributed by atoms with Gasteiger partial charge in [0, 0.05) is 20.2 Å². The van der Waals surface area contributed by atoms with Gasteiger partial charge < -0.3 is 15.0 Å². The topological polar surface area (TPSA) is 58.6 Å². The van der Waals surface area contributed by atoms with Crippen molar-refractivity contribution in [3.05, 3.63) is 35.4 Å². The normalized spacial score (nSPS) is 17.3. The molecular formula is C18H26N2O3. The molecular weight excluding hydrogens is 292 g/mol. The van der Waals surface area contributed by atoms with Gasteiger partial charge in [0.15, 0.2) is 0 Å². The highest BCUT2D eigenvalue weighted by atomic mass is 16.5. The Hall–Kier alpha value is -1.88. The molecule has 1 aliphatic heterocycles. The number of nitrogens with zero attached hydrogens (tertiary/aromatic N) is 1. The van der Waals surface area contributed by atoms with Gasteiger partial charge in [-0.3, -0.25) is 9.59 Å². The zero-order chi connectivity index (χ0) is 16.8. The molecule has 0 aromatic heterocycles. The van der Waals surface area contributed by atoms with Crippen LogP contribution in [0.5, 0.6) is 0 Å². The number of methoxy groups -OCH3 is 1. The molecule has 1 aromatic rings. The van der Waals surface area contributed by atoms with Crippen LogP contribution >= 0.6 is 0 Å². The van der Waals surface area contributed by atoms with E-state index in [2.05, 4.69) is 19.2 Å². The summed E-state index contributed by atoms with van der Waals surface area (Å²) in [5, 5.41) is 2.98. The average Bonchev–Trinajstić information content (AvgIpc) is 2.51. The Morgan fingerprint density at radius 1 is 1.39 bits per heavy atom. The average molecular weight is 318 g/mol. The van der Waals surface area contributed by atoms with Crippen LogP contribution in [0.4, 0.5) is 0 Å². The lowest BCUT2D eigenvalue weighted by Crippen LogP contribution is -2.48. The molecule has 1 N–H and O–H groups in total. The second-order valence-corrected chi connectivity index (χ2v) is 6.33. The summed E-state index contributed by atoms with van der Waals surface area (Å²) in [5.74, 6) is 0.396. The van der Waals surface area contributed by atoms with Crippen LogP contribution in [-0.2, 0) is 20.7 Å². The smallest absolute Gasteiger partial charge is 0.247 e. The van der Waals surface area contributed by atoms with E-state index in [1.54, 1.807) is 12.0 Å². The number of carbonyl (C=O) groups is 2. The molecule has 5 nitrogen and oxygen atoms in total. The Labute approximate surface area is 138 Å². The van der Waals surface area contributed by atoms with Crippen LogP contribution in [0.15, 0.2) is 24.3 Å². The first kappa shape index (κ1) is 17.5. The van der Waals surface area contributed by atoms with E-state index in [4.69, 9.17) is 4.74 Å². The Balaban J connectivity index is 2.21. The summed E-state index contributed by atoms with van der Waals surface area (Å²) in [5.41, 5.74) is 1.86. The molecule has 1 atom stereocenters. The Kier molecular flexibility index (Phi) is 6.16. The zero-order valence-electron chi connectivity index (χ0n) is 14.2. The molecule has 23 heavy (non-hydrogen) atoms. The van der Waals surface area contributed by atoms with Crippen molar-refractivity contribution < 1.29 is 14.3 Å². The van der Waals surface area contributed by atoms with Crippen molar-refractivity contribution in [3.63, 3.8) is 0 Å². The highest BCUT2D eigenvalue weighted by Crippen LogP contribution is 2.30. The molecule has 5 heteroatoms. The Bertz CT molecular complexity index is 557. The predicted molar refractivity (Wildman–Crippen MR) is 88.9 cm³/mol. The summed E-state index contributed by atoms with van der Waals surface area (Å²) < 4.78 is 5.10. The minimum atomic E-state index is -0.560. The number of benzene rings is 1. The molecule has 126 valence electrons. The fourth-order valence-corrected chi connectivity index (χ4v) is 2.85. The summed E-state index contributed by atoms with van der Waals surface area (Å²) in [7, 11) is 1.60. The minimum Gasteiger partial charge on any atom is -0.383 e. The van der Waals surface area contributed by atoms with E-state index in [-0.39, 0.29) is 11.8 Å². The highest BCUT2D eigenvalue weighted by molar-refractivity contribution is 5.92. The lowest BCUT2D eigenvalue weighted by Gasteiger charge is -2.36. The van der Waals surface area contributed by atoms with Crippen LogP contribution in [0.2, 0.25) is 0 Å². The van der Waals surface area contributed by atoms with Crippen molar-refractivity contribution >= 4 is 11.8 Å². The number of fused-ring (bicyclic) bond motifs is 1. The second kappa shape index (κ2) is 8.11. The van der Waals surface area contributed by atoms with Crippen LogP contribution in [-0.4, -0.2) is 43.5 Å². The summed E-state index contributed by atoms with van der Waals surface area (Å²) in [6, 6.07) is 7.13. The molecule has 1 heterocycles. The van der Waals surface area contributed by atoms with E-state index >= 15 is 0 Å². The fourth-order valence-electron chi connectivity index (χ4n) is 2.85. The maximum Gasteiger partial charge on any atom is 0.247 e. The molecule has 0 radical (unpaired) electrons. The Morgan fingerprint density at radius 2 is 2.13 bits per heavy atom. The summed E-state index contributed by atoms with van der Waals surface area (Å²) >= 11 is 0. The molecule has 0 saturated heterocycles. The third kappa shape index (κ3) is 4.32. The van der Waals surface area contributed by atoms with Gasteiger partial charge in [-0.1, -0.05) is 38.1 Å². The molecule has 0 saturated carbocycles. The van der Waals surface area contributed by atoms with Gasteiger partial charge in [-0.05, 0) is 23.5 Å². The minimum absolute atomic E-state index is 0.0234. The van der Waals surface area contributed by atoms with Crippen LogP contribution < -0.4 is 5.32 Å². The van der Waals surface area contributed by atoms with Gasteiger partial charge in [0.1, 0.15) is 6.04 Å². The van der Waals surface area contributed by atoms with E-state index < -0.39 is 6.04 Å². The van der Waals surface area contributed by atoms with Gasteiger partial charge in [0.05, 0.1) is 13.0 Å². The third-order valence-corrected chi connectivity index (χ3v) is 4.13. The van der Waals surface area contributed by atoms with Gasteiger partial charge in [-0.15, -0.1) is 0 Å². The zero-order valence-corrected chi connectivity index (χ0v) is 14.2. The van der Waals surface area contributed by atoms with Crippen molar-refractivity contribution in [2.45, 2.75) is 32.7 Å². The molecule has 1 aromatic carbocycles. The first-order valence-corrected chi connectivity index (χ1v) is 8.18. The third-order valence-electron chi connectivity index (χ3n) is 4.13. The van der Waals surface area contributed by atoms with Crippen molar-refractivity contribution in [2.75, 3.05) is 26.8 Å². The summed E-state index contributed by atoms with van der Waals surface area (Å²) in [6.07, 6.45) is 1.27. The number of nitrogens with one attached hydrogen (secondary N) is 1. The monoisotopic (exact) mass is 318 g/mol. The van der Waals surface area contributed by atoms with Crippen molar-refractivity contribution in [1.29, 1.82) is 0 Å². The Morgan fingerprint density at radius 3 is 2.83 bits per heavy atom. The number of hydrogen-bond donors (Lipinski definition) is 1. The molecule has 0 spiro atoms. The SMILES string of the molecule is COCCN1C(=O)Cc2ccccc2C1C(=O)NCCC(C)C. The fraction of sp³-hybridized carbons (Fsp3) is 0.556. The maximum atomic E-state index is 12.7. The molecule has 0 fully saturated rings. The summed E-state index contributed by atoms with van der Waals surface area (Å²) in [6.45, 7) is 5.71. The predicted octanol–water partition coefficient (Wildman–Crippen LogP) is 1.92. The van der Waals surface area contributed by atoms with Gasteiger partial charge in [0.25, 0.3) is 0 Å². The van der Waals surface area contributed by atoms with Crippen molar-refractivity contribution in [1.82, 2.24) is 10.2 Å². The standard InChI is InChI=1S/C18H26N2O3/c1-13(2)8-9-19-18(22)17-15-7-5-4-6-14(15)12-16(21)20(17)10-11-23-3/h4-7,13,17H,8-12H2,1-3H3,(H,19,22). The number of ether oxygens (including phenoxy) is 1. The maximum absolute atomic E-state index is 12.7. The molecule has 2 rings (SSSR count). The summed E-state index contributed by atoms with van der Waals surface area (Å²) in [4.78, 5) is 26.8. The van der Waals surface area contributed by atoms with E-state index in [1.165, 1.54) is 0 Å². The van der Waals surface area contributed by atoms with Crippen molar-refractivity contribution in [2.24, 2.45) is 5.92 Å². The van der Waals surface area contributed by atoms with Crippen LogP contribution in [0, 0.1) is 5.92 Å². The molecule has 1 unspecified atom stereocenters. The lowest BCUT2D eigenvalue weighted by molar-refractivity contribution is -0.142. The van der Waals surface area contributed by atoms with E-state index in [1.807, 2.05) is 24.3 Å². The molecule has 0 aliphatic carbocycles. The van der Waals surface area contributed by atoms with E-state index in [9.17, 15) is 9.59 Å². The first-order chi connectivity index (χ1) is 11.0. The second-order valence-electron chi connectivity index (χ2n) is 6.33. The lowest BCUT2D eigenvalue weighted by atomic mass is 9.91. The first-order valence-electron chi connectivity index (χ1n) is 8.18. The molecule has 0 bridgehead atoms. The number of carbonyl (C=O) groups excluding carboxylic acids is 2. The number of hydrogen-bond acceptors (Lipinski definition) is 3. The quantitative estimate of drug-likeness (QED) is 0.835. The highest BCUT2D eigenvalue weighted by Gasteiger charge is 2.36.